The Morgan fingerprint density at radius 1 is 1.26 bits per heavy atom. The van der Waals surface area contributed by atoms with Crippen LogP contribution in [-0.2, 0) is 6.42 Å². The van der Waals surface area contributed by atoms with E-state index in [2.05, 4.69) is 10.5 Å². The lowest BCUT2D eigenvalue weighted by molar-refractivity contribution is 0.0960. The number of carbonyl (C=O) groups excluding carboxylic acids is 1. The van der Waals surface area contributed by atoms with E-state index < -0.39 is 0 Å². The van der Waals surface area contributed by atoms with Crippen molar-refractivity contribution in [3.05, 3.63) is 69.1 Å². The van der Waals surface area contributed by atoms with Gasteiger partial charge in [0, 0.05) is 22.9 Å². The molecular formula is C17H15ClN2O2S. The zero-order valence-corrected chi connectivity index (χ0v) is 14.1. The lowest BCUT2D eigenvalue weighted by atomic mass is 10.1. The minimum atomic E-state index is -0.364. The van der Waals surface area contributed by atoms with Gasteiger partial charge in [0.05, 0.1) is 5.56 Å². The van der Waals surface area contributed by atoms with Crippen molar-refractivity contribution in [2.75, 3.05) is 6.54 Å². The number of hydrogen-bond acceptors (Lipinski definition) is 4. The molecular weight excluding hydrogens is 332 g/mol. The summed E-state index contributed by atoms with van der Waals surface area (Å²) in [5, 5.41) is 6.25. The summed E-state index contributed by atoms with van der Waals surface area (Å²) in [4.78, 5) is 23.7. The standard InChI is InChI=1S/C17H15ClN2O2S/c1-11-5-6-16(20-22)15(7-11)17(21)19-10-14(23)9-12-3-2-4-13(18)8-12/h2-8H,9-10H2,1H3,(H,19,21). The van der Waals surface area contributed by atoms with Crippen LogP contribution in [0.5, 0.6) is 0 Å². The highest BCUT2D eigenvalue weighted by Crippen LogP contribution is 2.20. The maximum Gasteiger partial charge on any atom is 0.253 e. The Labute approximate surface area is 144 Å². The van der Waals surface area contributed by atoms with Crippen LogP contribution in [0.15, 0.2) is 47.6 Å². The monoisotopic (exact) mass is 346 g/mol. The first-order valence-electron chi connectivity index (χ1n) is 6.98. The molecule has 2 aromatic carbocycles. The third-order valence-electron chi connectivity index (χ3n) is 3.23. The molecule has 0 aliphatic rings. The fourth-order valence-electron chi connectivity index (χ4n) is 2.12. The van der Waals surface area contributed by atoms with E-state index in [0.717, 1.165) is 11.1 Å². The summed E-state index contributed by atoms with van der Waals surface area (Å²) in [6.45, 7) is 2.09. The second kappa shape index (κ2) is 7.94. The highest BCUT2D eigenvalue weighted by Gasteiger charge is 2.13. The number of carbonyl (C=O) groups is 1. The lowest BCUT2D eigenvalue weighted by Gasteiger charge is -2.09. The van der Waals surface area contributed by atoms with Gasteiger partial charge in [-0.05, 0) is 41.9 Å². The number of nitroso groups, excluding NO2 is 1. The van der Waals surface area contributed by atoms with Crippen LogP contribution < -0.4 is 5.32 Å². The van der Waals surface area contributed by atoms with Gasteiger partial charge in [0.25, 0.3) is 5.91 Å². The highest BCUT2D eigenvalue weighted by molar-refractivity contribution is 7.80. The minimum absolute atomic E-state index is 0.119. The Morgan fingerprint density at radius 2 is 2.04 bits per heavy atom. The molecule has 0 atom stereocenters. The van der Waals surface area contributed by atoms with Crippen LogP contribution >= 0.6 is 23.8 Å². The van der Waals surface area contributed by atoms with Gasteiger partial charge in [-0.1, -0.05) is 47.6 Å². The molecule has 0 bridgehead atoms. The molecule has 4 nitrogen and oxygen atoms in total. The van der Waals surface area contributed by atoms with Crippen molar-refractivity contribution in [2.45, 2.75) is 13.3 Å². The van der Waals surface area contributed by atoms with Gasteiger partial charge in [-0.3, -0.25) is 4.79 Å². The van der Waals surface area contributed by atoms with Crippen LogP contribution in [0.3, 0.4) is 0 Å². The van der Waals surface area contributed by atoms with Gasteiger partial charge in [-0.25, -0.2) is 0 Å². The number of nitrogens with zero attached hydrogens (tertiary/aromatic N) is 1. The highest BCUT2D eigenvalue weighted by atomic mass is 35.5. The molecule has 0 aromatic heterocycles. The average molecular weight is 347 g/mol. The van der Waals surface area contributed by atoms with E-state index >= 15 is 0 Å². The van der Waals surface area contributed by atoms with E-state index in [0.29, 0.717) is 16.3 Å². The quantitative estimate of drug-likeness (QED) is 0.623. The summed E-state index contributed by atoms with van der Waals surface area (Å²) >= 11 is 11.2. The summed E-state index contributed by atoms with van der Waals surface area (Å²) in [5.74, 6) is -0.364. The average Bonchev–Trinajstić information content (AvgIpc) is 2.52. The van der Waals surface area contributed by atoms with Gasteiger partial charge >= 0.3 is 0 Å². The Kier molecular flexibility index (Phi) is 5.96. The number of thiocarbonyl (C=S) groups is 1. The van der Waals surface area contributed by atoms with Crippen molar-refractivity contribution in [3.8, 4) is 0 Å². The van der Waals surface area contributed by atoms with Crippen molar-refractivity contribution in [2.24, 2.45) is 5.18 Å². The molecule has 2 rings (SSSR count). The number of amides is 1. The smallest absolute Gasteiger partial charge is 0.253 e. The topological polar surface area (TPSA) is 58.5 Å². The molecule has 0 unspecified atom stereocenters. The lowest BCUT2D eigenvalue weighted by Crippen LogP contribution is -2.29. The maximum absolute atomic E-state index is 12.2. The van der Waals surface area contributed by atoms with E-state index in [1.54, 1.807) is 18.2 Å². The second-order valence-corrected chi connectivity index (χ2v) is 6.15. The van der Waals surface area contributed by atoms with Gasteiger partial charge in [-0.15, -0.1) is 4.91 Å². The first-order chi connectivity index (χ1) is 11.0. The zero-order chi connectivity index (χ0) is 16.8. The summed E-state index contributed by atoms with van der Waals surface area (Å²) in [6, 6.07) is 12.3. The van der Waals surface area contributed by atoms with Crippen LogP contribution in [0.4, 0.5) is 5.69 Å². The SMILES string of the molecule is Cc1ccc(N=O)c(C(=O)NCC(=S)Cc2cccc(Cl)c2)c1. The molecule has 0 spiro atoms. The van der Waals surface area contributed by atoms with Gasteiger partial charge in [0.15, 0.2) is 0 Å². The predicted octanol–water partition coefficient (Wildman–Crippen LogP) is 4.39. The van der Waals surface area contributed by atoms with E-state index in [1.807, 2.05) is 25.1 Å². The van der Waals surface area contributed by atoms with E-state index in [4.69, 9.17) is 23.8 Å². The number of halogens is 1. The van der Waals surface area contributed by atoms with E-state index in [1.165, 1.54) is 6.07 Å². The Bertz CT molecular complexity index is 762. The summed E-state index contributed by atoms with van der Waals surface area (Å²) < 4.78 is 0. The van der Waals surface area contributed by atoms with Crippen LogP contribution in [0.2, 0.25) is 5.02 Å². The largest absolute Gasteiger partial charge is 0.347 e. The molecule has 0 heterocycles. The fourth-order valence-corrected chi connectivity index (χ4v) is 2.57. The van der Waals surface area contributed by atoms with Crippen molar-refractivity contribution in [1.82, 2.24) is 5.32 Å². The summed E-state index contributed by atoms with van der Waals surface area (Å²) in [6.07, 6.45) is 0.544. The molecule has 6 heteroatoms. The van der Waals surface area contributed by atoms with Gasteiger partial charge in [-0.2, -0.15) is 0 Å². The van der Waals surface area contributed by atoms with Crippen molar-refractivity contribution < 1.29 is 4.79 Å². The summed E-state index contributed by atoms with van der Waals surface area (Å²) in [5.41, 5.74) is 2.24. The van der Waals surface area contributed by atoms with Gasteiger partial charge in [0.1, 0.15) is 5.69 Å². The van der Waals surface area contributed by atoms with Crippen molar-refractivity contribution >= 4 is 40.3 Å². The molecule has 0 saturated carbocycles. The third kappa shape index (κ3) is 4.94. The van der Waals surface area contributed by atoms with E-state index in [9.17, 15) is 9.70 Å². The molecule has 0 aliphatic heterocycles. The molecule has 118 valence electrons. The normalized spacial score (nSPS) is 10.2. The zero-order valence-electron chi connectivity index (χ0n) is 12.5. The number of nitrogens with one attached hydrogen (secondary N) is 1. The number of rotatable bonds is 6. The number of aryl methyl sites for hydroxylation is 1. The van der Waals surface area contributed by atoms with E-state index in [-0.39, 0.29) is 23.7 Å². The van der Waals surface area contributed by atoms with Gasteiger partial charge < -0.3 is 5.32 Å². The Morgan fingerprint density at radius 3 is 2.74 bits per heavy atom. The molecule has 23 heavy (non-hydrogen) atoms. The van der Waals surface area contributed by atoms with Crippen molar-refractivity contribution in [3.63, 3.8) is 0 Å². The molecule has 0 fully saturated rings. The third-order valence-corrected chi connectivity index (χ3v) is 3.76. The fraction of sp³-hybridized carbons (Fsp3) is 0.176. The van der Waals surface area contributed by atoms with Crippen molar-refractivity contribution in [1.29, 1.82) is 0 Å². The molecule has 1 N–H and O–H groups in total. The van der Waals surface area contributed by atoms with Crippen LogP contribution in [0, 0.1) is 11.8 Å². The van der Waals surface area contributed by atoms with Crippen LogP contribution in [0.1, 0.15) is 21.5 Å². The molecule has 1 amide bonds. The first-order valence-corrected chi connectivity index (χ1v) is 7.76. The predicted molar refractivity (Wildman–Crippen MR) is 96.7 cm³/mol. The molecule has 0 aliphatic carbocycles. The minimum Gasteiger partial charge on any atom is -0.347 e. The van der Waals surface area contributed by atoms with Crippen LogP contribution in [0.25, 0.3) is 0 Å². The van der Waals surface area contributed by atoms with Crippen LogP contribution in [-0.4, -0.2) is 17.3 Å². The maximum atomic E-state index is 12.2. The molecule has 0 saturated heterocycles. The Hall–Kier alpha value is -2.11. The van der Waals surface area contributed by atoms with Gasteiger partial charge in [0.2, 0.25) is 0 Å². The molecule has 0 radical (unpaired) electrons. The second-order valence-electron chi connectivity index (χ2n) is 5.14. The number of benzene rings is 2. The first kappa shape index (κ1) is 17.2. The summed E-state index contributed by atoms with van der Waals surface area (Å²) in [7, 11) is 0. The number of hydrogen-bond donors (Lipinski definition) is 1. The molecule has 2 aromatic rings. The Balaban J connectivity index is 1.97.